The maximum absolute atomic E-state index is 13.0. The van der Waals surface area contributed by atoms with Gasteiger partial charge in [0.1, 0.15) is 5.58 Å². The highest BCUT2D eigenvalue weighted by atomic mass is 79.9. The lowest BCUT2D eigenvalue weighted by Crippen LogP contribution is -2.47. The summed E-state index contributed by atoms with van der Waals surface area (Å²) in [7, 11) is 2.15. The van der Waals surface area contributed by atoms with Crippen molar-refractivity contribution in [3.8, 4) is 0 Å². The maximum atomic E-state index is 13.0. The summed E-state index contributed by atoms with van der Waals surface area (Å²) in [5.74, 6) is 0.146. The molecule has 0 spiro atoms. The molecular weight excluding hydrogens is 418 g/mol. The number of piperazine rings is 1. The molecule has 28 heavy (non-hydrogen) atoms. The highest BCUT2D eigenvalue weighted by Gasteiger charge is 2.23. The zero-order valence-corrected chi connectivity index (χ0v) is 17.5. The fourth-order valence-electron chi connectivity index (χ4n) is 3.58. The summed E-state index contributed by atoms with van der Waals surface area (Å²) in [6.45, 7) is 4.90. The summed E-state index contributed by atoms with van der Waals surface area (Å²) in [6, 6.07) is 17.6. The molecule has 2 aromatic carbocycles. The summed E-state index contributed by atoms with van der Waals surface area (Å²) < 4.78 is 6.67. The molecular formula is C22H24BrN3O2. The topological polar surface area (TPSA) is 48.7 Å². The van der Waals surface area contributed by atoms with Crippen molar-refractivity contribution in [3.63, 3.8) is 0 Å². The van der Waals surface area contributed by atoms with Crippen LogP contribution in [0.15, 0.2) is 63.5 Å². The van der Waals surface area contributed by atoms with E-state index in [-0.39, 0.29) is 11.9 Å². The van der Waals surface area contributed by atoms with E-state index in [9.17, 15) is 4.79 Å². The van der Waals surface area contributed by atoms with E-state index in [4.69, 9.17) is 4.42 Å². The van der Waals surface area contributed by atoms with Crippen LogP contribution in [0.25, 0.3) is 11.0 Å². The number of nitrogens with one attached hydrogen (secondary N) is 1. The number of nitrogens with zero attached hydrogens (tertiary/aromatic N) is 2. The van der Waals surface area contributed by atoms with Crippen LogP contribution in [0.5, 0.6) is 0 Å². The first kappa shape index (κ1) is 19.2. The van der Waals surface area contributed by atoms with Crippen LogP contribution in [0.3, 0.4) is 0 Å². The number of likely N-dealkylation sites (N-methyl/N-ethyl adjacent to an activating group) is 1. The third-order valence-electron chi connectivity index (χ3n) is 5.26. The summed E-state index contributed by atoms with van der Waals surface area (Å²) in [4.78, 5) is 17.7. The Labute approximate surface area is 173 Å². The van der Waals surface area contributed by atoms with Crippen molar-refractivity contribution in [1.29, 1.82) is 0 Å². The molecule has 1 aliphatic rings. The number of para-hydroxylation sites is 1. The van der Waals surface area contributed by atoms with Crippen LogP contribution in [0.2, 0.25) is 0 Å². The van der Waals surface area contributed by atoms with Gasteiger partial charge in [0.15, 0.2) is 5.76 Å². The first-order chi connectivity index (χ1) is 13.6. The smallest absolute Gasteiger partial charge is 0.287 e. The second-order valence-corrected chi connectivity index (χ2v) is 8.16. The zero-order valence-electron chi connectivity index (χ0n) is 15.9. The van der Waals surface area contributed by atoms with E-state index in [2.05, 4.69) is 50.2 Å². The van der Waals surface area contributed by atoms with Gasteiger partial charge in [0.2, 0.25) is 0 Å². The third-order valence-corrected chi connectivity index (χ3v) is 5.89. The molecule has 1 aromatic heterocycles. The number of furan rings is 1. The van der Waals surface area contributed by atoms with Crippen molar-refractivity contribution < 1.29 is 9.21 Å². The van der Waals surface area contributed by atoms with Gasteiger partial charge in [-0.3, -0.25) is 9.69 Å². The van der Waals surface area contributed by atoms with E-state index in [1.807, 2.05) is 36.4 Å². The highest BCUT2D eigenvalue weighted by Crippen LogP contribution is 2.27. The van der Waals surface area contributed by atoms with Gasteiger partial charge in [-0.2, -0.15) is 0 Å². The van der Waals surface area contributed by atoms with Crippen LogP contribution in [0.4, 0.5) is 0 Å². The Morgan fingerprint density at radius 3 is 2.57 bits per heavy atom. The van der Waals surface area contributed by atoms with Crippen LogP contribution >= 0.6 is 15.9 Å². The molecule has 0 aliphatic carbocycles. The van der Waals surface area contributed by atoms with Crippen molar-refractivity contribution in [2.75, 3.05) is 39.8 Å². The van der Waals surface area contributed by atoms with E-state index in [1.54, 1.807) is 6.07 Å². The minimum atomic E-state index is -0.189. The lowest BCUT2D eigenvalue weighted by Gasteiger charge is -2.34. The Bertz CT molecular complexity index is 949. The lowest BCUT2D eigenvalue weighted by molar-refractivity contribution is 0.0882. The van der Waals surface area contributed by atoms with E-state index < -0.39 is 0 Å². The Morgan fingerprint density at radius 2 is 1.86 bits per heavy atom. The first-order valence-electron chi connectivity index (χ1n) is 9.55. The van der Waals surface area contributed by atoms with Crippen molar-refractivity contribution in [2.45, 2.75) is 6.04 Å². The normalized spacial score (nSPS) is 16.9. The quantitative estimate of drug-likeness (QED) is 0.651. The van der Waals surface area contributed by atoms with Crippen LogP contribution in [-0.2, 0) is 0 Å². The Morgan fingerprint density at radius 1 is 1.11 bits per heavy atom. The van der Waals surface area contributed by atoms with Gasteiger partial charge in [-0.25, -0.2) is 0 Å². The molecule has 5 nitrogen and oxygen atoms in total. The minimum absolute atomic E-state index is 0.0891. The predicted molar refractivity (Wildman–Crippen MR) is 115 cm³/mol. The molecule has 1 unspecified atom stereocenters. The van der Waals surface area contributed by atoms with Gasteiger partial charge in [0, 0.05) is 38.1 Å². The number of carbonyl (C=O) groups is 1. The predicted octanol–water partition coefficient (Wildman–Crippen LogP) is 3.91. The second kappa shape index (κ2) is 8.47. The number of carbonyl (C=O) groups excluding carboxylic acids is 1. The fraction of sp³-hybridized carbons (Fsp3) is 0.318. The van der Waals surface area contributed by atoms with Crippen LogP contribution in [-0.4, -0.2) is 55.5 Å². The molecule has 1 atom stereocenters. The molecule has 1 aliphatic heterocycles. The average Bonchev–Trinajstić information content (AvgIpc) is 3.16. The van der Waals surface area contributed by atoms with Crippen LogP contribution in [0.1, 0.15) is 22.2 Å². The van der Waals surface area contributed by atoms with E-state index in [0.717, 1.165) is 48.1 Å². The van der Waals surface area contributed by atoms with Crippen molar-refractivity contribution in [3.05, 3.63) is 70.4 Å². The molecule has 1 N–H and O–H groups in total. The lowest BCUT2D eigenvalue weighted by atomic mass is 10.1. The summed E-state index contributed by atoms with van der Waals surface area (Å²) >= 11 is 3.48. The molecule has 1 saturated heterocycles. The van der Waals surface area contributed by atoms with Gasteiger partial charge in [-0.15, -0.1) is 0 Å². The van der Waals surface area contributed by atoms with Crippen molar-refractivity contribution >= 4 is 32.8 Å². The van der Waals surface area contributed by atoms with Gasteiger partial charge in [0.25, 0.3) is 5.91 Å². The fourth-order valence-corrected chi connectivity index (χ4v) is 4.04. The van der Waals surface area contributed by atoms with Crippen molar-refractivity contribution in [2.24, 2.45) is 0 Å². The molecule has 1 amide bonds. The Kier molecular flexibility index (Phi) is 5.80. The number of halogens is 1. The van der Waals surface area contributed by atoms with E-state index in [1.165, 1.54) is 0 Å². The summed E-state index contributed by atoms with van der Waals surface area (Å²) in [6.07, 6.45) is 0. The number of hydrogen-bond donors (Lipinski definition) is 1. The van der Waals surface area contributed by atoms with Gasteiger partial charge >= 0.3 is 0 Å². The summed E-state index contributed by atoms with van der Waals surface area (Å²) in [5.41, 5.74) is 1.80. The molecule has 1 fully saturated rings. The number of hydrogen-bond acceptors (Lipinski definition) is 4. The Hall–Kier alpha value is -2.15. The molecule has 4 rings (SSSR count). The Balaban J connectivity index is 1.54. The monoisotopic (exact) mass is 441 g/mol. The molecule has 6 heteroatoms. The number of benzene rings is 2. The second-order valence-electron chi connectivity index (χ2n) is 7.31. The molecule has 2 heterocycles. The summed E-state index contributed by atoms with van der Waals surface area (Å²) in [5, 5.41) is 4.10. The molecule has 146 valence electrons. The van der Waals surface area contributed by atoms with Crippen LogP contribution in [0, 0.1) is 0 Å². The number of fused-ring (bicyclic) bond motifs is 1. The standard InChI is InChI=1S/C22H24BrN3O2/c1-25-10-12-26(13-11-25)15-19(16-6-3-2-4-7-16)24-22(27)20-14-17-8-5-9-18(23)21(17)28-20/h2-9,14,19H,10-13,15H2,1H3,(H,24,27). The van der Waals surface area contributed by atoms with E-state index in [0.29, 0.717) is 11.3 Å². The van der Waals surface area contributed by atoms with Gasteiger partial charge < -0.3 is 14.6 Å². The van der Waals surface area contributed by atoms with Crippen molar-refractivity contribution in [1.82, 2.24) is 15.1 Å². The van der Waals surface area contributed by atoms with Gasteiger partial charge in [-0.05, 0) is 40.7 Å². The maximum Gasteiger partial charge on any atom is 0.287 e. The van der Waals surface area contributed by atoms with Crippen LogP contribution < -0.4 is 5.32 Å². The SMILES string of the molecule is CN1CCN(CC(NC(=O)c2cc3cccc(Br)c3o2)c2ccccc2)CC1. The van der Waals surface area contributed by atoms with Gasteiger partial charge in [0.05, 0.1) is 10.5 Å². The largest absolute Gasteiger partial charge is 0.450 e. The first-order valence-corrected chi connectivity index (χ1v) is 10.3. The van der Waals surface area contributed by atoms with E-state index >= 15 is 0 Å². The highest BCUT2D eigenvalue weighted by molar-refractivity contribution is 9.10. The molecule has 0 bridgehead atoms. The van der Waals surface area contributed by atoms with Gasteiger partial charge in [-0.1, -0.05) is 42.5 Å². The molecule has 0 radical (unpaired) electrons. The third kappa shape index (κ3) is 4.29. The molecule has 0 saturated carbocycles. The number of rotatable bonds is 5. The minimum Gasteiger partial charge on any atom is -0.450 e. The zero-order chi connectivity index (χ0) is 19.5. The molecule has 3 aromatic rings. The average molecular weight is 442 g/mol. The number of amides is 1.